The number of ketones is 1. The van der Waals surface area contributed by atoms with Gasteiger partial charge in [0.25, 0.3) is 0 Å². The molecule has 8 nitrogen and oxygen atoms in total. The van der Waals surface area contributed by atoms with Crippen LogP contribution in [0.25, 0.3) is 11.3 Å². The Morgan fingerprint density at radius 3 is 2.61 bits per heavy atom. The third kappa shape index (κ3) is 5.80. The van der Waals surface area contributed by atoms with Gasteiger partial charge in [-0.3, -0.25) is 9.59 Å². The number of ether oxygens (including phenoxy) is 2. The van der Waals surface area contributed by atoms with Crippen molar-refractivity contribution in [3.8, 4) is 22.8 Å². The summed E-state index contributed by atoms with van der Waals surface area (Å²) >= 11 is 5.95. The molecule has 5 rings (SSSR count). The number of nitrogens with zero attached hydrogens (tertiary/aromatic N) is 1. The third-order valence-electron chi connectivity index (χ3n) is 7.98. The molecule has 2 aliphatic heterocycles. The Bertz CT molecular complexity index is 1630. The standard InChI is InChI=1S/C31H30ClF4N3O5/c1-29(2)15-44-27-18(29)14-25(39-26(27)17-4-6-20(33)19(32)12-17)30(42,31(34,35)36)10-8-23(40)16-5-7-21(24(13-16)43-3)38-22-9-11-37-28(22)41/h4-7,12-14,22,38,42H,8-11,15H2,1-3H3,(H,37,41). The topological polar surface area (TPSA) is 110 Å². The number of carbonyl (C=O) groups excluding carboxylic acids is 2. The minimum Gasteiger partial charge on any atom is -0.495 e. The smallest absolute Gasteiger partial charge is 0.422 e. The van der Waals surface area contributed by atoms with Crippen molar-refractivity contribution in [3.63, 3.8) is 0 Å². The Labute approximate surface area is 255 Å². The number of methoxy groups -OCH3 is 1. The van der Waals surface area contributed by atoms with Crippen LogP contribution < -0.4 is 20.1 Å². The molecule has 2 aromatic carbocycles. The molecule has 3 aromatic rings. The fraction of sp³-hybridized carbons (Fsp3) is 0.387. The van der Waals surface area contributed by atoms with E-state index >= 15 is 0 Å². The summed E-state index contributed by atoms with van der Waals surface area (Å²) < 4.78 is 69.1. The minimum absolute atomic E-state index is 0.0391. The molecular formula is C31H30ClF4N3O5. The van der Waals surface area contributed by atoms with Crippen LogP contribution in [-0.2, 0) is 15.8 Å². The predicted molar refractivity (Wildman–Crippen MR) is 155 cm³/mol. The second-order valence-electron chi connectivity index (χ2n) is 11.5. The SMILES string of the molecule is COc1cc(C(=O)CCC(O)(c2cc3c(c(-c4ccc(F)c(Cl)c4)n2)OCC3(C)C)C(F)(F)F)ccc1NC1CCNC1=O. The lowest BCUT2D eigenvalue weighted by Gasteiger charge is -2.31. The fourth-order valence-corrected chi connectivity index (χ4v) is 5.50. The lowest BCUT2D eigenvalue weighted by molar-refractivity contribution is -0.270. The number of Topliss-reactive ketones (excluding diaryl/α,β-unsaturated/α-hetero) is 1. The summed E-state index contributed by atoms with van der Waals surface area (Å²) in [6.45, 7) is 4.19. The first-order valence-corrected chi connectivity index (χ1v) is 14.2. The Morgan fingerprint density at radius 1 is 1.23 bits per heavy atom. The van der Waals surface area contributed by atoms with E-state index in [0.29, 0.717) is 24.2 Å². The van der Waals surface area contributed by atoms with Crippen LogP contribution in [0.1, 0.15) is 54.7 Å². The maximum atomic E-state index is 14.7. The monoisotopic (exact) mass is 635 g/mol. The molecule has 3 heterocycles. The van der Waals surface area contributed by atoms with E-state index in [9.17, 15) is 32.3 Å². The molecule has 0 bridgehead atoms. The molecule has 2 atom stereocenters. The van der Waals surface area contributed by atoms with Crippen LogP contribution in [0.15, 0.2) is 42.5 Å². The maximum Gasteiger partial charge on any atom is 0.422 e. The van der Waals surface area contributed by atoms with Gasteiger partial charge in [-0.25, -0.2) is 9.37 Å². The highest BCUT2D eigenvalue weighted by Gasteiger charge is 2.56. The number of anilines is 1. The van der Waals surface area contributed by atoms with Crippen LogP contribution in [0.3, 0.4) is 0 Å². The average Bonchev–Trinajstić information content (AvgIpc) is 3.53. The van der Waals surface area contributed by atoms with E-state index in [1.54, 1.807) is 13.8 Å². The number of nitrogens with one attached hydrogen (secondary N) is 2. The molecule has 1 saturated heterocycles. The molecular weight excluding hydrogens is 606 g/mol. The van der Waals surface area contributed by atoms with E-state index < -0.39 is 53.4 Å². The van der Waals surface area contributed by atoms with Crippen molar-refractivity contribution in [3.05, 3.63) is 70.1 Å². The van der Waals surface area contributed by atoms with E-state index in [1.807, 2.05) is 0 Å². The van der Waals surface area contributed by atoms with E-state index in [1.165, 1.54) is 37.4 Å². The molecule has 2 aliphatic rings. The Kier molecular flexibility index (Phi) is 8.27. The molecule has 2 unspecified atom stereocenters. The Hall–Kier alpha value is -3.90. The van der Waals surface area contributed by atoms with Crippen molar-refractivity contribution >= 4 is 29.0 Å². The number of benzene rings is 2. The summed E-state index contributed by atoms with van der Waals surface area (Å²) in [4.78, 5) is 29.3. The zero-order valence-electron chi connectivity index (χ0n) is 24.1. The van der Waals surface area contributed by atoms with Gasteiger partial charge in [0.1, 0.15) is 29.1 Å². The molecule has 0 spiro atoms. The number of alkyl halides is 3. The molecule has 1 amide bonds. The van der Waals surface area contributed by atoms with Crippen LogP contribution in [0, 0.1) is 5.82 Å². The highest BCUT2D eigenvalue weighted by atomic mass is 35.5. The van der Waals surface area contributed by atoms with Gasteiger partial charge in [-0.2, -0.15) is 13.2 Å². The van der Waals surface area contributed by atoms with Crippen molar-refractivity contribution in [2.75, 3.05) is 25.6 Å². The molecule has 3 N–H and O–H groups in total. The van der Waals surface area contributed by atoms with E-state index in [0.717, 1.165) is 12.1 Å². The first-order chi connectivity index (χ1) is 20.6. The Balaban J connectivity index is 1.47. The lowest BCUT2D eigenvalue weighted by atomic mass is 9.83. The first kappa shape index (κ1) is 31.5. The normalized spacial score (nSPS) is 18.7. The van der Waals surface area contributed by atoms with Crippen LogP contribution in [-0.4, -0.2) is 54.3 Å². The van der Waals surface area contributed by atoms with Crippen LogP contribution >= 0.6 is 11.6 Å². The van der Waals surface area contributed by atoms with Gasteiger partial charge in [-0.05, 0) is 55.3 Å². The number of hydrogen-bond donors (Lipinski definition) is 3. The number of amides is 1. The molecule has 0 aliphatic carbocycles. The molecule has 0 radical (unpaired) electrons. The first-order valence-electron chi connectivity index (χ1n) is 13.8. The number of pyridine rings is 1. The second kappa shape index (κ2) is 11.6. The average molecular weight is 636 g/mol. The highest BCUT2D eigenvalue weighted by Crippen LogP contribution is 2.49. The van der Waals surface area contributed by atoms with Gasteiger partial charge >= 0.3 is 6.18 Å². The quantitative estimate of drug-likeness (QED) is 0.197. The summed E-state index contributed by atoms with van der Waals surface area (Å²) in [5.41, 5.74) is -3.94. The number of halogens is 5. The van der Waals surface area contributed by atoms with Gasteiger partial charge in [0.2, 0.25) is 11.5 Å². The fourth-order valence-electron chi connectivity index (χ4n) is 5.32. The van der Waals surface area contributed by atoms with Crippen LogP contribution in [0.2, 0.25) is 5.02 Å². The van der Waals surface area contributed by atoms with Crippen LogP contribution in [0.5, 0.6) is 11.5 Å². The molecule has 1 fully saturated rings. The van der Waals surface area contributed by atoms with Gasteiger partial charge in [0, 0.05) is 35.1 Å². The number of aliphatic hydroxyl groups is 1. The largest absolute Gasteiger partial charge is 0.495 e. The summed E-state index contributed by atoms with van der Waals surface area (Å²) in [5, 5.41) is 16.8. The van der Waals surface area contributed by atoms with E-state index in [4.69, 9.17) is 21.1 Å². The second-order valence-corrected chi connectivity index (χ2v) is 11.9. The number of hydrogen-bond acceptors (Lipinski definition) is 7. The molecule has 44 heavy (non-hydrogen) atoms. The highest BCUT2D eigenvalue weighted by molar-refractivity contribution is 6.31. The lowest BCUT2D eigenvalue weighted by Crippen LogP contribution is -2.43. The number of aromatic nitrogens is 1. The molecule has 234 valence electrons. The van der Waals surface area contributed by atoms with E-state index in [2.05, 4.69) is 15.6 Å². The van der Waals surface area contributed by atoms with Crippen molar-refractivity contribution < 1.29 is 41.7 Å². The summed E-state index contributed by atoms with van der Waals surface area (Å²) in [5.74, 6) is -1.14. The Morgan fingerprint density at radius 2 is 1.98 bits per heavy atom. The van der Waals surface area contributed by atoms with Crippen molar-refractivity contribution in [2.24, 2.45) is 0 Å². The number of carbonyl (C=O) groups is 2. The number of rotatable bonds is 9. The minimum atomic E-state index is -5.22. The van der Waals surface area contributed by atoms with Gasteiger partial charge in [-0.1, -0.05) is 25.4 Å². The van der Waals surface area contributed by atoms with Gasteiger partial charge < -0.3 is 25.2 Å². The molecule has 0 saturated carbocycles. The summed E-state index contributed by atoms with van der Waals surface area (Å²) in [7, 11) is 1.36. The summed E-state index contributed by atoms with van der Waals surface area (Å²) in [6, 6.07) is 8.55. The van der Waals surface area contributed by atoms with Gasteiger partial charge in [0.05, 0.1) is 30.1 Å². The maximum absolute atomic E-state index is 14.7. The predicted octanol–water partition coefficient (Wildman–Crippen LogP) is 5.93. The van der Waals surface area contributed by atoms with Gasteiger partial charge in [-0.15, -0.1) is 0 Å². The number of fused-ring (bicyclic) bond motifs is 1. The van der Waals surface area contributed by atoms with Crippen molar-refractivity contribution in [1.82, 2.24) is 10.3 Å². The van der Waals surface area contributed by atoms with Crippen molar-refractivity contribution in [1.29, 1.82) is 0 Å². The van der Waals surface area contributed by atoms with Crippen molar-refractivity contribution in [2.45, 2.75) is 56.3 Å². The van der Waals surface area contributed by atoms with Crippen LogP contribution in [0.4, 0.5) is 23.2 Å². The zero-order valence-corrected chi connectivity index (χ0v) is 24.8. The van der Waals surface area contributed by atoms with Gasteiger partial charge in [0.15, 0.2) is 5.78 Å². The van der Waals surface area contributed by atoms with E-state index in [-0.39, 0.29) is 45.9 Å². The molecule has 13 heteroatoms. The summed E-state index contributed by atoms with van der Waals surface area (Å²) in [6.07, 6.45) is -6.39. The zero-order chi connectivity index (χ0) is 32.0. The molecule has 1 aromatic heterocycles. The third-order valence-corrected chi connectivity index (χ3v) is 8.27.